The number of aryl methyl sites for hydroxylation is 1. The molecule has 1 atom stereocenters. The zero-order chi connectivity index (χ0) is 15.5. The Hall–Kier alpha value is -2.14. The lowest BCUT2D eigenvalue weighted by Gasteiger charge is -2.24. The Balaban J connectivity index is 1.82. The van der Waals surface area contributed by atoms with Crippen LogP contribution in [0.15, 0.2) is 35.7 Å². The molecule has 5 heteroatoms. The van der Waals surface area contributed by atoms with Gasteiger partial charge in [-0.15, -0.1) is 11.3 Å². The zero-order valence-corrected chi connectivity index (χ0v) is 13.1. The van der Waals surface area contributed by atoms with Crippen molar-refractivity contribution in [1.82, 2.24) is 0 Å². The summed E-state index contributed by atoms with van der Waals surface area (Å²) < 4.78 is 4.74. The summed E-state index contributed by atoms with van der Waals surface area (Å²) in [6.07, 6.45) is 2.86. The molecule has 1 unspecified atom stereocenters. The van der Waals surface area contributed by atoms with Crippen molar-refractivity contribution in [3.8, 4) is 0 Å². The summed E-state index contributed by atoms with van der Waals surface area (Å²) in [5, 5.41) is 4.66. The third kappa shape index (κ3) is 2.76. The number of ether oxygens (including phenoxy) is 1. The van der Waals surface area contributed by atoms with Gasteiger partial charge in [0.2, 0.25) is 5.91 Å². The van der Waals surface area contributed by atoms with E-state index in [0.717, 1.165) is 24.8 Å². The Labute approximate surface area is 133 Å². The number of esters is 1. The van der Waals surface area contributed by atoms with Crippen molar-refractivity contribution < 1.29 is 14.3 Å². The topological polar surface area (TPSA) is 55.4 Å². The van der Waals surface area contributed by atoms with Gasteiger partial charge in [0.1, 0.15) is 4.88 Å². The van der Waals surface area contributed by atoms with Gasteiger partial charge in [-0.3, -0.25) is 4.79 Å². The number of carbonyl (C=O) groups excluding carboxylic acids is 2. The number of rotatable bonds is 3. The van der Waals surface area contributed by atoms with E-state index in [1.807, 2.05) is 18.2 Å². The fourth-order valence-electron chi connectivity index (χ4n) is 2.90. The van der Waals surface area contributed by atoms with E-state index >= 15 is 0 Å². The van der Waals surface area contributed by atoms with Crippen LogP contribution in [-0.4, -0.2) is 19.0 Å². The van der Waals surface area contributed by atoms with Crippen LogP contribution in [0.25, 0.3) is 0 Å². The van der Waals surface area contributed by atoms with E-state index in [-0.39, 0.29) is 11.8 Å². The Morgan fingerprint density at radius 1 is 1.27 bits per heavy atom. The standard InChI is InChI=1S/C17H17NO3S/c1-21-17(20)15-14(9-10-22-15)18-16(19)13-8-4-6-11-5-2-3-7-12(11)13/h2-3,5,7,9-10,13H,4,6,8H2,1H3,(H,18,19). The number of hydrogen-bond donors (Lipinski definition) is 1. The molecule has 3 rings (SSSR count). The molecule has 0 spiro atoms. The first-order chi connectivity index (χ1) is 10.7. The average Bonchev–Trinajstić information content (AvgIpc) is 3.01. The van der Waals surface area contributed by atoms with E-state index in [0.29, 0.717) is 10.6 Å². The van der Waals surface area contributed by atoms with Crippen LogP contribution in [0.2, 0.25) is 0 Å². The molecule has 1 aromatic carbocycles. The molecular weight excluding hydrogens is 298 g/mol. The average molecular weight is 315 g/mol. The van der Waals surface area contributed by atoms with Gasteiger partial charge < -0.3 is 10.1 Å². The van der Waals surface area contributed by atoms with Crippen LogP contribution >= 0.6 is 11.3 Å². The Morgan fingerprint density at radius 2 is 2.09 bits per heavy atom. The van der Waals surface area contributed by atoms with Crippen molar-refractivity contribution in [1.29, 1.82) is 0 Å². The van der Waals surface area contributed by atoms with Crippen molar-refractivity contribution in [3.05, 3.63) is 51.7 Å². The molecule has 0 aliphatic heterocycles. The van der Waals surface area contributed by atoms with Crippen molar-refractivity contribution in [2.75, 3.05) is 12.4 Å². The quantitative estimate of drug-likeness (QED) is 0.881. The van der Waals surface area contributed by atoms with Crippen LogP contribution in [0.4, 0.5) is 5.69 Å². The Bertz CT molecular complexity index is 707. The highest BCUT2D eigenvalue weighted by Gasteiger charge is 2.27. The van der Waals surface area contributed by atoms with Gasteiger partial charge in [0.15, 0.2) is 0 Å². The highest BCUT2D eigenvalue weighted by atomic mass is 32.1. The molecule has 0 bridgehead atoms. The molecule has 1 amide bonds. The predicted molar refractivity (Wildman–Crippen MR) is 86.4 cm³/mol. The maximum Gasteiger partial charge on any atom is 0.350 e. The van der Waals surface area contributed by atoms with Crippen LogP contribution in [-0.2, 0) is 16.0 Å². The van der Waals surface area contributed by atoms with E-state index in [1.54, 1.807) is 11.4 Å². The number of fused-ring (bicyclic) bond motifs is 1. The molecule has 0 saturated carbocycles. The number of methoxy groups -OCH3 is 1. The first-order valence-corrected chi connectivity index (χ1v) is 8.13. The van der Waals surface area contributed by atoms with E-state index in [2.05, 4.69) is 11.4 Å². The summed E-state index contributed by atoms with van der Waals surface area (Å²) in [7, 11) is 1.34. The fraction of sp³-hybridized carbons (Fsp3) is 0.294. The first-order valence-electron chi connectivity index (χ1n) is 7.25. The maximum absolute atomic E-state index is 12.6. The summed E-state index contributed by atoms with van der Waals surface area (Å²) in [4.78, 5) is 24.8. The second kappa shape index (κ2) is 6.32. The lowest BCUT2D eigenvalue weighted by Crippen LogP contribution is -2.25. The summed E-state index contributed by atoms with van der Waals surface area (Å²) in [5.41, 5.74) is 2.87. The predicted octanol–water partition coefficient (Wildman–Crippen LogP) is 3.59. The molecule has 114 valence electrons. The number of thiophene rings is 1. The van der Waals surface area contributed by atoms with Gasteiger partial charge in [0.25, 0.3) is 0 Å². The van der Waals surface area contributed by atoms with Crippen molar-refractivity contribution in [2.24, 2.45) is 0 Å². The maximum atomic E-state index is 12.6. The monoisotopic (exact) mass is 315 g/mol. The summed E-state index contributed by atoms with van der Waals surface area (Å²) >= 11 is 1.27. The van der Waals surface area contributed by atoms with E-state index in [9.17, 15) is 9.59 Å². The zero-order valence-electron chi connectivity index (χ0n) is 12.3. The van der Waals surface area contributed by atoms with E-state index in [1.165, 1.54) is 24.0 Å². The van der Waals surface area contributed by atoms with Crippen LogP contribution < -0.4 is 5.32 Å². The molecule has 0 fully saturated rings. The normalized spacial score (nSPS) is 16.7. The summed E-state index contributed by atoms with van der Waals surface area (Å²) in [6, 6.07) is 9.82. The minimum Gasteiger partial charge on any atom is -0.465 e. The number of nitrogens with one attached hydrogen (secondary N) is 1. The van der Waals surface area contributed by atoms with Gasteiger partial charge in [0, 0.05) is 0 Å². The molecule has 1 N–H and O–H groups in total. The minimum absolute atomic E-state index is 0.0595. The molecule has 0 saturated heterocycles. The minimum atomic E-state index is -0.422. The molecule has 1 aliphatic carbocycles. The van der Waals surface area contributed by atoms with Gasteiger partial charge in [-0.2, -0.15) is 0 Å². The highest BCUT2D eigenvalue weighted by Crippen LogP contribution is 2.33. The molecule has 4 nitrogen and oxygen atoms in total. The number of carbonyl (C=O) groups is 2. The highest BCUT2D eigenvalue weighted by molar-refractivity contribution is 7.12. The summed E-state index contributed by atoms with van der Waals surface area (Å²) in [5.74, 6) is -0.639. The smallest absolute Gasteiger partial charge is 0.350 e. The Morgan fingerprint density at radius 3 is 2.91 bits per heavy atom. The van der Waals surface area contributed by atoms with Crippen LogP contribution in [0.1, 0.15) is 39.6 Å². The van der Waals surface area contributed by atoms with Crippen LogP contribution in [0.3, 0.4) is 0 Å². The molecule has 0 radical (unpaired) electrons. The number of benzene rings is 1. The molecule has 1 aromatic heterocycles. The van der Waals surface area contributed by atoms with Crippen molar-refractivity contribution in [3.63, 3.8) is 0 Å². The van der Waals surface area contributed by atoms with Crippen molar-refractivity contribution >= 4 is 28.9 Å². The van der Waals surface area contributed by atoms with E-state index < -0.39 is 5.97 Å². The number of anilines is 1. The molecular formula is C17H17NO3S. The second-order valence-corrected chi connectivity index (χ2v) is 6.20. The van der Waals surface area contributed by atoms with Crippen molar-refractivity contribution in [2.45, 2.75) is 25.2 Å². The lowest BCUT2D eigenvalue weighted by atomic mass is 9.82. The molecule has 2 aromatic rings. The van der Waals surface area contributed by atoms with Gasteiger partial charge in [0.05, 0.1) is 18.7 Å². The van der Waals surface area contributed by atoms with E-state index in [4.69, 9.17) is 4.74 Å². The first kappa shape index (κ1) is 14.8. The third-order valence-electron chi connectivity index (χ3n) is 3.98. The third-order valence-corrected chi connectivity index (χ3v) is 4.87. The van der Waals surface area contributed by atoms with Crippen LogP contribution in [0.5, 0.6) is 0 Å². The fourth-order valence-corrected chi connectivity index (χ4v) is 3.67. The summed E-state index contributed by atoms with van der Waals surface area (Å²) in [6.45, 7) is 0. The van der Waals surface area contributed by atoms with Gasteiger partial charge in [-0.1, -0.05) is 24.3 Å². The molecule has 22 heavy (non-hydrogen) atoms. The Kier molecular flexibility index (Phi) is 4.24. The largest absolute Gasteiger partial charge is 0.465 e. The second-order valence-electron chi connectivity index (χ2n) is 5.29. The SMILES string of the molecule is COC(=O)c1sccc1NC(=O)C1CCCc2ccccc21. The lowest BCUT2D eigenvalue weighted by molar-refractivity contribution is -0.117. The molecule has 1 aliphatic rings. The van der Waals surface area contributed by atoms with Gasteiger partial charge in [-0.25, -0.2) is 4.79 Å². The van der Waals surface area contributed by atoms with Gasteiger partial charge in [-0.05, 0) is 41.8 Å². The number of hydrogen-bond acceptors (Lipinski definition) is 4. The van der Waals surface area contributed by atoms with Gasteiger partial charge >= 0.3 is 5.97 Å². The number of amides is 1. The molecule has 1 heterocycles. The van der Waals surface area contributed by atoms with Crippen LogP contribution in [0, 0.1) is 0 Å².